The van der Waals surface area contributed by atoms with E-state index in [2.05, 4.69) is 61.1 Å². The maximum Gasteiger partial charge on any atom is 0.293 e. The number of amides is 1. The van der Waals surface area contributed by atoms with Gasteiger partial charge in [-0.2, -0.15) is 0 Å². The Kier molecular flexibility index (Phi) is 13.4. The number of carbonyl (C=O) groups excluding carboxylic acids is 1. The van der Waals surface area contributed by atoms with E-state index in [1.54, 1.807) is 29.9 Å². The smallest absolute Gasteiger partial charge is 0.293 e. The number of sulfonamides is 1. The van der Waals surface area contributed by atoms with Gasteiger partial charge in [-0.25, -0.2) is 22.5 Å². The van der Waals surface area contributed by atoms with Crippen LogP contribution in [0, 0.1) is 21.3 Å². The molecule has 4 aromatic carbocycles. The highest BCUT2D eigenvalue weighted by atomic mass is 35.5. The number of thiazole rings is 1. The van der Waals surface area contributed by atoms with Crippen molar-refractivity contribution in [1.29, 1.82) is 0 Å². The van der Waals surface area contributed by atoms with Crippen LogP contribution >= 0.6 is 22.9 Å². The van der Waals surface area contributed by atoms with Crippen molar-refractivity contribution in [2.75, 3.05) is 56.0 Å². The number of piperazine rings is 1. The molecule has 2 aliphatic heterocycles. The number of fused-ring (bicyclic) bond motifs is 1. The van der Waals surface area contributed by atoms with E-state index in [4.69, 9.17) is 16.3 Å². The fourth-order valence-corrected chi connectivity index (χ4v) is 11.2. The number of allylic oxidation sites excluding steroid dienone is 1. The van der Waals surface area contributed by atoms with Crippen molar-refractivity contribution < 1.29 is 32.4 Å². The molecule has 19 heteroatoms. The number of aliphatic hydroxyl groups excluding tert-OH is 1. The molecule has 0 radical (unpaired) electrons. The van der Waals surface area contributed by atoms with Gasteiger partial charge in [0.15, 0.2) is 11.6 Å². The van der Waals surface area contributed by atoms with E-state index in [1.807, 2.05) is 17.5 Å². The Morgan fingerprint density at radius 1 is 1.04 bits per heavy atom. The Bertz CT molecular complexity index is 2990. The van der Waals surface area contributed by atoms with E-state index < -0.39 is 48.9 Å². The standard InChI is InChI=1S/C49H52ClFN8O7S2/c1-48(2)13-11-33(39(26-48)31-3-5-34(50)6-4-31)28-57-17-19-58(20-18-57)36-7-9-38(44(22-36)66-45-21-32-12-15-53-42(32)24-40(45)51)47(61)56-68(64,65)37-8-10-41(43(23-37)59(62)63)55-49(14-16-52-27-46(49)60)25-35-29-67-30-54-35/h3-10,12,15,21-24,29-30,46,52-53,55,60H,11,13-14,16-20,25-28H2,1-2H3,(H,56,61)/t46-,49+/m0/s1. The van der Waals surface area contributed by atoms with Crippen LogP contribution in [0.5, 0.6) is 11.5 Å². The van der Waals surface area contributed by atoms with Crippen LogP contribution in [-0.2, 0) is 16.4 Å². The molecule has 68 heavy (non-hydrogen) atoms. The molecule has 2 saturated heterocycles. The Morgan fingerprint density at radius 3 is 2.57 bits per heavy atom. The number of hydrogen-bond acceptors (Lipinski definition) is 13. The third kappa shape index (κ3) is 10.3. The van der Waals surface area contributed by atoms with Gasteiger partial charge in [-0.1, -0.05) is 43.2 Å². The molecule has 0 unspecified atom stereocenters. The van der Waals surface area contributed by atoms with Gasteiger partial charge in [0.1, 0.15) is 11.4 Å². The molecular formula is C49H52ClFN8O7S2. The monoisotopic (exact) mass is 982 g/mol. The summed E-state index contributed by atoms with van der Waals surface area (Å²) >= 11 is 7.63. The van der Waals surface area contributed by atoms with E-state index >= 15 is 4.39 Å². The zero-order chi connectivity index (χ0) is 47.8. The predicted molar refractivity (Wildman–Crippen MR) is 263 cm³/mol. The Balaban J connectivity index is 0.960. The number of aromatic amines is 1. The first-order valence-electron chi connectivity index (χ1n) is 22.5. The topological polar surface area (TPSA) is 195 Å². The lowest BCUT2D eigenvalue weighted by molar-refractivity contribution is -0.384. The van der Waals surface area contributed by atoms with Crippen LogP contribution in [0.4, 0.5) is 21.5 Å². The summed E-state index contributed by atoms with van der Waals surface area (Å²) in [7, 11) is -4.74. The van der Waals surface area contributed by atoms with Crippen molar-refractivity contribution >= 4 is 72.4 Å². The van der Waals surface area contributed by atoms with E-state index in [1.165, 1.54) is 52.3 Å². The van der Waals surface area contributed by atoms with Crippen LogP contribution in [0.3, 0.4) is 0 Å². The Morgan fingerprint density at radius 2 is 1.84 bits per heavy atom. The predicted octanol–water partition coefficient (Wildman–Crippen LogP) is 8.77. The summed E-state index contributed by atoms with van der Waals surface area (Å²) < 4.78 is 51.7. The number of nitro benzene ring substituents is 1. The van der Waals surface area contributed by atoms with Gasteiger partial charge in [-0.15, -0.1) is 11.3 Å². The molecular weight excluding hydrogens is 931 g/mol. The highest BCUT2D eigenvalue weighted by Crippen LogP contribution is 2.44. The van der Waals surface area contributed by atoms with Crippen molar-refractivity contribution in [3.05, 3.63) is 139 Å². The third-order valence-electron chi connectivity index (χ3n) is 13.4. The lowest BCUT2D eigenvalue weighted by atomic mass is 9.72. The maximum absolute atomic E-state index is 15.6. The molecule has 5 N–H and O–H groups in total. The van der Waals surface area contributed by atoms with Crippen molar-refractivity contribution in [2.24, 2.45) is 5.41 Å². The SMILES string of the molecule is CC1(C)CCC(CN2CCN(c3ccc(C(=O)NS(=O)(=O)c4ccc(N[C@@]5(Cc6cscn6)CCNC[C@@H]5O)c([N+](=O)[O-])c4)c(Oc4cc5cc[nH]c5cc4F)c3)CC2)=C(c2ccc(Cl)cc2)C1. The number of benzene rings is 4. The molecule has 356 valence electrons. The van der Waals surface area contributed by atoms with Crippen LogP contribution in [0.2, 0.25) is 5.02 Å². The number of anilines is 2. The molecule has 15 nitrogen and oxygen atoms in total. The first-order chi connectivity index (χ1) is 32.5. The summed E-state index contributed by atoms with van der Waals surface area (Å²) in [6, 6.07) is 20.6. The molecule has 0 bridgehead atoms. The van der Waals surface area contributed by atoms with Crippen LogP contribution in [-0.4, -0.2) is 96.7 Å². The van der Waals surface area contributed by atoms with Gasteiger partial charge in [-0.05, 0) is 97.3 Å². The first kappa shape index (κ1) is 47.2. The zero-order valence-electron chi connectivity index (χ0n) is 37.6. The van der Waals surface area contributed by atoms with E-state index in [9.17, 15) is 28.4 Å². The van der Waals surface area contributed by atoms with Crippen molar-refractivity contribution in [3.63, 3.8) is 0 Å². The Labute approximate surface area is 402 Å². The largest absolute Gasteiger partial charge is 0.453 e. The lowest BCUT2D eigenvalue weighted by Gasteiger charge is -2.42. The lowest BCUT2D eigenvalue weighted by Crippen LogP contribution is -2.60. The number of nitrogens with one attached hydrogen (secondary N) is 4. The summed E-state index contributed by atoms with van der Waals surface area (Å²) in [6.07, 6.45) is 4.45. The summed E-state index contributed by atoms with van der Waals surface area (Å²) in [5.74, 6) is -2.07. The Hall–Kier alpha value is -5.89. The van der Waals surface area contributed by atoms with Gasteiger partial charge in [-0.3, -0.25) is 19.8 Å². The summed E-state index contributed by atoms with van der Waals surface area (Å²) in [5, 5.41) is 33.2. The van der Waals surface area contributed by atoms with Crippen LogP contribution in [0.15, 0.2) is 106 Å². The molecule has 0 spiro atoms. The first-order valence-corrected chi connectivity index (χ1v) is 25.3. The quantitative estimate of drug-likeness (QED) is 0.0515. The number of rotatable bonds is 14. The number of nitrogens with zero attached hydrogens (tertiary/aromatic N) is 4. The van der Waals surface area contributed by atoms with Crippen molar-refractivity contribution in [2.45, 2.75) is 62.5 Å². The minimum absolute atomic E-state index is 0.0113. The summed E-state index contributed by atoms with van der Waals surface area (Å²) in [4.78, 5) is 37.2. The van der Waals surface area contributed by atoms with Gasteiger partial charge < -0.3 is 30.4 Å². The maximum atomic E-state index is 15.6. The van der Waals surface area contributed by atoms with Crippen LogP contribution < -0.4 is 25.0 Å². The highest BCUT2D eigenvalue weighted by molar-refractivity contribution is 7.90. The number of hydrogen-bond donors (Lipinski definition) is 5. The van der Waals surface area contributed by atoms with Gasteiger partial charge >= 0.3 is 0 Å². The summed E-state index contributed by atoms with van der Waals surface area (Å²) in [6.45, 7) is 8.99. The number of aliphatic hydroxyl groups is 1. The normalized spacial score (nSPS) is 20.1. The molecule has 1 aliphatic carbocycles. The van der Waals surface area contributed by atoms with Gasteiger partial charge in [0.25, 0.3) is 21.6 Å². The minimum Gasteiger partial charge on any atom is -0.453 e. The number of halogens is 2. The number of nitro groups is 1. The van der Waals surface area contributed by atoms with Crippen LogP contribution in [0.1, 0.15) is 61.1 Å². The number of aromatic nitrogens is 2. The molecule has 4 heterocycles. The second-order valence-corrected chi connectivity index (χ2v) is 21.4. The molecule has 2 atom stereocenters. The van der Waals surface area contributed by atoms with E-state index in [0.717, 1.165) is 51.0 Å². The van der Waals surface area contributed by atoms with Gasteiger partial charge in [0.2, 0.25) is 0 Å². The minimum atomic E-state index is -4.74. The average Bonchev–Trinajstić information content (AvgIpc) is 4.00. The molecule has 2 fully saturated rings. The number of carbonyl (C=O) groups is 1. The van der Waals surface area contributed by atoms with Gasteiger partial charge in [0.05, 0.1) is 38.2 Å². The van der Waals surface area contributed by atoms with Crippen molar-refractivity contribution in [3.8, 4) is 11.5 Å². The highest BCUT2D eigenvalue weighted by Gasteiger charge is 2.42. The summed E-state index contributed by atoms with van der Waals surface area (Å²) in [5.41, 5.74) is 5.93. The van der Waals surface area contributed by atoms with Crippen LogP contribution in [0.25, 0.3) is 16.5 Å². The molecule has 6 aromatic rings. The molecule has 2 aromatic heterocycles. The zero-order valence-corrected chi connectivity index (χ0v) is 39.9. The molecule has 3 aliphatic rings. The average molecular weight is 984 g/mol. The van der Waals surface area contributed by atoms with Gasteiger partial charge in [0, 0.05) is 97.1 Å². The second kappa shape index (κ2) is 19.2. The van der Waals surface area contributed by atoms with Crippen molar-refractivity contribution in [1.82, 2.24) is 24.9 Å². The fourth-order valence-electron chi connectivity index (χ4n) is 9.52. The van der Waals surface area contributed by atoms with E-state index in [0.29, 0.717) is 53.4 Å². The number of H-pyrrole nitrogens is 1. The number of piperidine rings is 1. The molecule has 0 saturated carbocycles. The fraction of sp³-hybridized carbons (Fsp3) is 0.347. The number of ether oxygens (including phenoxy) is 1. The molecule has 9 rings (SSSR count). The molecule has 1 amide bonds. The number of β-amino-alcohol motifs (C(OH)–C–C–N with tert-alkyl or cyclic N) is 1. The third-order valence-corrected chi connectivity index (χ3v) is 15.6. The second-order valence-electron chi connectivity index (χ2n) is 18.6. The van der Waals surface area contributed by atoms with E-state index in [-0.39, 0.29) is 41.1 Å².